The van der Waals surface area contributed by atoms with Crippen LogP contribution in [0.5, 0.6) is 0 Å². The van der Waals surface area contributed by atoms with E-state index in [9.17, 15) is 9.59 Å². The molecule has 0 aliphatic heterocycles. The van der Waals surface area contributed by atoms with Gasteiger partial charge in [-0.05, 0) is 19.8 Å². The molecule has 0 heterocycles. The molecule has 11 heavy (non-hydrogen) atoms. The molecule has 0 spiro atoms. The number of carbonyl (C=O) groups is 2. The van der Waals surface area contributed by atoms with Gasteiger partial charge in [0.25, 0.3) is 0 Å². The topological polar surface area (TPSA) is 54.4 Å². The SMILES string of the molecule is CC(O)C(C=O)CCCC=O. The van der Waals surface area contributed by atoms with Crippen molar-refractivity contribution in [2.45, 2.75) is 32.3 Å². The monoisotopic (exact) mass is 158 g/mol. The zero-order valence-electron chi connectivity index (χ0n) is 6.69. The van der Waals surface area contributed by atoms with E-state index < -0.39 is 6.10 Å². The number of unbranched alkanes of at least 4 members (excludes halogenated alkanes) is 1. The van der Waals surface area contributed by atoms with Crippen molar-refractivity contribution >= 4 is 12.6 Å². The second kappa shape index (κ2) is 6.04. The molecule has 0 radical (unpaired) electrons. The van der Waals surface area contributed by atoms with Crippen molar-refractivity contribution in [1.29, 1.82) is 0 Å². The van der Waals surface area contributed by atoms with Gasteiger partial charge in [0.15, 0.2) is 0 Å². The van der Waals surface area contributed by atoms with E-state index in [0.717, 1.165) is 12.6 Å². The number of carbonyl (C=O) groups excluding carboxylic acids is 2. The summed E-state index contributed by atoms with van der Waals surface area (Å²) < 4.78 is 0. The average Bonchev–Trinajstić information content (AvgIpc) is 1.97. The van der Waals surface area contributed by atoms with E-state index in [4.69, 9.17) is 5.11 Å². The van der Waals surface area contributed by atoms with Gasteiger partial charge in [0.1, 0.15) is 12.6 Å². The van der Waals surface area contributed by atoms with Crippen molar-refractivity contribution in [3.63, 3.8) is 0 Å². The van der Waals surface area contributed by atoms with Gasteiger partial charge >= 0.3 is 0 Å². The van der Waals surface area contributed by atoms with Crippen molar-refractivity contribution in [3.8, 4) is 0 Å². The van der Waals surface area contributed by atoms with Crippen LogP contribution in [0.3, 0.4) is 0 Å². The van der Waals surface area contributed by atoms with Crippen LogP contribution in [-0.4, -0.2) is 23.8 Å². The Labute approximate surface area is 66.4 Å². The van der Waals surface area contributed by atoms with Crippen LogP contribution < -0.4 is 0 Å². The largest absolute Gasteiger partial charge is 0.393 e. The maximum Gasteiger partial charge on any atom is 0.125 e. The third-order valence-electron chi connectivity index (χ3n) is 1.65. The minimum atomic E-state index is -0.598. The molecule has 0 aromatic rings. The maximum atomic E-state index is 10.3. The van der Waals surface area contributed by atoms with E-state index in [1.807, 2.05) is 0 Å². The van der Waals surface area contributed by atoms with E-state index in [0.29, 0.717) is 19.3 Å². The average molecular weight is 158 g/mol. The van der Waals surface area contributed by atoms with Crippen molar-refractivity contribution in [2.24, 2.45) is 5.92 Å². The van der Waals surface area contributed by atoms with Crippen molar-refractivity contribution in [3.05, 3.63) is 0 Å². The predicted octanol–water partition coefficient (Wildman–Crippen LogP) is 0.551. The summed E-state index contributed by atoms with van der Waals surface area (Å²) in [5.74, 6) is -0.310. The third-order valence-corrected chi connectivity index (χ3v) is 1.65. The number of rotatable bonds is 6. The fourth-order valence-electron chi connectivity index (χ4n) is 0.860. The van der Waals surface area contributed by atoms with Gasteiger partial charge in [-0.25, -0.2) is 0 Å². The first kappa shape index (κ1) is 10.3. The Balaban J connectivity index is 3.51. The highest BCUT2D eigenvalue weighted by Gasteiger charge is 2.12. The van der Waals surface area contributed by atoms with E-state index in [1.165, 1.54) is 0 Å². The molecule has 0 bridgehead atoms. The molecule has 0 aromatic heterocycles. The van der Waals surface area contributed by atoms with Gasteiger partial charge in [0.2, 0.25) is 0 Å². The van der Waals surface area contributed by atoms with Gasteiger partial charge in [-0.15, -0.1) is 0 Å². The van der Waals surface area contributed by atoms with E-state index in [1.54, 1.807) is 6.92 Å². The van der Waals surface area contributed by atoms with E-state index in [-0.39, 0.29) is 5.92 Å². The zero-order valence-corrected chi connectivity index (χ0v) is 6.69. The normalized spacial score (nSPS) is 15.5. The lowest BCUT2D eigenvalue weighted by atomic mass is 9.99. The molecular formula is C8H14O3. The Hall–Kier alpha value is -0.700. The van der Waals surface area contributed by atoms with Crippen LogP contribution in [0, 0.1) is 5.92 Å². The first-order valence-electron chi connectivity index (χ1n) is 3.79. The van der Waals surface area contributed by atoms with Crippen LogP contribution in [0.1, 0.15) is 26.2 Å². The zero-order chi connectivity index (χ0) is 8.69. The molecule has 0 aliphatic carbocycles. The smallest absolute Gasteiger partial charge is 0.125 e. The summed E-state index contributed by atoms with van der Waals surface area (Å²) in [6, 6.07) is 0. The Morgan fingerprint density at radius 1 is 1.45 bits per heavy atom. The molecule has 3 nitrogen and oxygen atoms in total. The summed E-state index contributed by atoms with van der Waals surface area (Å²) in [6.07, 6.45) is 2.72. The maximum absolute atomic E-state index is 10.3. The second-order valence-corrected chi connectivity index (χ2v) is 2.64. The molecule has 64 valence electrons. The number of hydrogen-bond donors (Lipinski definition) is 1. The summed E-state index contributed by atoms with van der Waals surface area (Å²) in [7, 11) is 0. The van der Waals surface area contributed by atoms with Gasteiger partial charge in [-0.1, -0.05) is 0 Å². The first-order chi connectivity index (χ1) is 5.22. The number of hydrogen-bond acceptors (Lipinski definition) is 3. The Morgan fingerprint density at radius 2 is 2.09 bits per heavy atom. The third kappa shape index (κ3) is 4.67. The van der Waals surface area contributed by atoms with E-state index in [2.05, 4.69) is 0 Å². The molecule has 0 aliphatic rings. The standard InChI is InChI=1S/C8H14O3/c1-7(11)8(6-10)4-2-3-5-9/h5-8,11H,2-4H2,1H3. The summed E-state index contributed by atoms with van der Waals surface area (Å²) in [6.45, 7) is 1.58. The summed E-state index contributed by atoms with van der Waals surface area (Å²) in [5.41, 5.74) is 0. The minimum absolute atomic E-state index is 0.310. The van der Waals surface area contributed by atoms with E-state index >= 15 is 0 Å². The van der Waals surface area contributed by atoms with Gasteiger partial charge in [-0.3, -0.25) is 0 Å². The Kier molecular flexibility index (Phi) is 5.65. The van der Waals surface area contributed by atoms with Gasteiger partial charge in [-0.2, -0.15) is 0 Å². The molecule has 0 saturated carbocycles. The molecule has 0 fully saturated rings. The summed E-state index contributed by atoms with van der Waals surface area (Å²) in [4.78, 5) is 20.2. The van der Waals surface area contributed by atoms with Crippen LogP contribution in [0.25, 0.3) is 0 Å². The lowest BCUT2D eigenvalue weighted by Gasteiger charge is -2.11. The highest BCUT2D eigenvalue weighted by atomic mass is 16.3. The Bertz CT molecular complexity index is 121. The molecule has 2 atom stereocenters. The lowest BCUT2D eigenvalue weighted by Crippen LogP contribution is -2.17. The van der Waals surface area contributed by atoms with Crippen molar-refractivity contribution < 1.29 is 14.7 Å². The van der Waals surface area contributed by atoms with Gasteiger partial charge in [0.05, 0.1) is 6.10 Å². The molecule has 0 aromatic carbocycles. The van der Waals surface area contributed by atoms with Gasteiger partial charge in [0, 0.05) is 12.3 Å². The molecule has 0 saturated heterocycles. The van der Waals surface area contributed by atoms with Crippen molar-refractivity contribution in [2.75, 3.05) is 0 Å². The fraction of sp³-hybridized carbons (Fsp3) is 0.750. The Morgan fingerprint density at radius 3 is 2.45 bits per heavy atom. The number of aliphatic hydroxyl groups excluding tert-OH is 1. The van der Waals surface area contributed by atoms with Crippen LogP contribution in [-0.2, 0) is 9.59 Å². The summed E-state index contributed by atoms with van der Waals surface area (Å²) in [5, 5.41) is 8.99. The highest BCUT2D eigenvalue weighted by Crippen LogP contribution is 2.09. The minimum Gasteiger partial charge on any atom is -0.393 e. The van der Waals surface area contributed by atoms with Crippen LogP contribution in [0.4, 0.5) is 0 Å². The van der Waals surface area contributed by atoms with Crippen LogP contribution in [0.2, 0.25) is 0 Å². The van der Waals surface area contributed by atoms with Gasteiger partial charge < -0.3 is 14.7 Å². The number of aliphatic hydroxyl groups is 1. The second-order valence-electron chi connectivity index (χ2n) is 2.64. The molecule has 3 heteroatoms. The molecule has 0 amide bonds. The first-order valence-corrected chi connectivity index (χ1v) is 3.79. The fourth-order valence-corrected chi connectivity index (χ4v) is 0.860. The molecule has 2 unspecified atom stereocenters. The summed E-state index contributed by atoms with van der Waals surface area (Å²) >= 11 is 0. The lowest BCUT2D eigenvalue weighted by molar-refractivity contribution is -0.114. The van der Waals surface area contributed by atoms with Crippen LogP contribution >= 0.6 is 0 Å². The molecule has 0 rings (SSSR count). The number of aldehydes is 2. The predicted molar refractivity (Wildman–Crippen MR) is 41.1 cm³/mol. The quantitative estimate of drug-likeness (QED) is 0.453. The van der Waals surface area contributed by atoms with Crippen molar-refractivity contribution in [1.82, 2.24) is 0 Å². The molecule has 1 N–H and O–H groups in total. The highest BCUT2D eigenvalue weighted by molar-refractivity contribution is 5.54. The molecular weight excluding hydrogens is 144 g/mol. The van der Waals surface area contributed by atoms with Crippen LogP contribution in [0.15, 0.2) is 0 Å².